The maximum Gasteiger partial charge on any atom is 0.268 e. The number of aryl methyl sites for hydroxylation is 2. The molecule has 2 N–H and O–H groups in total. The van der Waals surface area contributed by atoms with Crippen LogP contribution < -0.4 is 10.6 Å². The second-order valence-corrected chi connectivity index (χ2v) is 10.3. The van der Waals surface area contributed by atoms with Crippen LogP contribution in [0.15, 0.2) is 12.3 Å². The molecule has 1 aromatic heterocycles. The summed E-state index contributed by atoms with van der Waals surface area (Å²) >= 11 is 0. The van der Waals surface area contributed by atoms with E-state index in [9.17, 15) is 18.0 Å². The van der Waals surface area contributed by atoms with E-state index in [1.165, 1.54) is 6.92 Å². The van der Waals surface area contributed by atoms with Crippen LogP contribution in [0.4, 0.5) is 0 Å². The monoisotopic (exact) mass is 381 g/mol. The van der Waals surface area contributed by atoms with Crippen molar-refractivity contribution in [1.82, 2.24) is 15.2 Å². The Balaban J connectivity index is 1.58. The first-order valence-electron chi connectivity index (χ1n) is 9.03. The number of rotatable bonds is 4. The van der Waals surface area contributed by atoms with E-state index in [0.717, 1.165) is 5.56 Å². The molecular weight excluding hydrogens is 354 g/mol. The predicted molar refractivity (Wildman–Crippen MR) is 98.6 cm³/mol. The first-order chi connectivity index (χ1) is 12.1. The average molecular weight is 381 g/mol. The third-order valence-corrected chi connectivity index (χ3v) is 8.38. The van der Waals surface area contributed by atoms with Gasteiger partial charge < -0.3 is 15.2 Å². The van der Waals surface area contributed by atoms with Crippen molar-refractivity contribution in [3.8, 4) is 0 Å². The SMILES string of the molecule is CC(=O)NC1CCS(=O)(=O)C2(CC(CNC(=O)c3c(C)ccn3C)C2)C1. The molecule has 2 amide bonds. The maximum atomic E-state index is 12.6. The summed E-state index contributed by atoms with van der Waals surface area (Å²) in [7, 11) is -1.32. The van der Waals surface area contributed by atoms with Gasteiger partial charge in [-0.1, -0.05) is 0 Å². The fourth-order valence-electron chi connectivity index (χ4n) is 4.48. The minimum atomic E-state index is -3.15. The van der Waals surface area contributed by atoms with Crippen molar-refractivity contribution < 1.29 is 18.0 Å². The van der Waals surface area contributed by atoms with Crippen molar-refractivity contribution in [2.45, 2.75) is 50.3 Å². The third kappa shape index (κ3) is 3.39. The molecule has 2 aliphatic rings. The van der Waals surface area contributed by atoms with E-state index in [-0.39, 0.29) is 29.5 Å². The first kappa shape index (κ1) is 18.9. The second kappa shape index (κ2) is 6.72. The quantitative estimate of drug-likeness (QED) is 0.811. The van der Waals surface area contributed by atoms with Gasteiger partial charge in [-0.3, -0.25) is 9.59 Å². The Hall–Kier alpha value is -1.83. The van der Waals surface area contributed by atoms with E-state index in [0.29, 0.717) is 37.9 Å². The number of aromatic nitrogens is 1. The first-order valence-corrected chi connectivity index (χ1v) is 10.7. The summed E-state index contributed by atoms with van der Waals surface area (Å²) in [5.41, 5.74) is 1.55. The van der Waals surface area contributed by atoms with E-state index < -0.39 is 14.6 Å². The number of sulfone groups is 1. The Morgan fingerprint density at radius 2 is 2.00 bits per heavy atom. The molecule has 8 heteroatoms. The van der Waals surface area contributed by atoms with Crippen molar-refractivity contribution in [2.75, 3.05) is 12.3 Å². The fourth-order valence-corrected chi connectivity index (χ4v) is 6.94. The van der Waals surface area contributed by atoms with Gasteiger partial charge in [-0.05, 0) is 50.2 Å². The van der Waals surface area contributed by atoms with Gasteiger partial charge in [0.2, 0.25) is 5.91 Å². The van der Waals surface area contributed by atoms with E-state index in [1.807, 2.05) is 26.2 Å². The molecule has 144 valence electrons. The normalized spacial score (nSPS) is 29.8. The topological polar surface area (TPSA) is 97.3 Å². The molecule has 26 heavy (non-hydrogen) atoms. The zero-order valence-electron chi connectivity index (χ0n) is 15.5. The van der Waals surface area contributed by atoms with Gasteiger partial charge >= 0.3 is 0 Å². The van der Waals surface area contributed by atoms with Crippen LogP contribution in [0.5, 0.6) is 0 Å². The Morgan fingerprint density at radius 1 is 1.31 bits per heavy atom. The molecule has 1 spiro atoms. The van der Waals surface area contributed by atoms with Crippen LogP contribution in [-0.4, -0.2) is 47.9 Å². The molecule has 1 saturated heterocycles. The predicted octanol–water partition coefficient (Wildman–Crippen LogP) is 0.925. The van der Waals surface area contributed by atoms with Gasteiger partial charge in [0.1, 0.15) is 5.69 Å². The molecule has 2 heterocycles. The molecule has 0 radical (unpaired) electrons. The van der Waals surface area contributed by atoms with E-state index in [4.69, 9.17) is 0 Å². The lowest BCUT2D eigenvalue weighted by Crippen LogP contribution is -2.60. The lowest BCUT2D eigenvalue weighted by Gasteiger charge is -2.51. The number of hydrogen-bond donors (Lipinski definition) is 2. The van der Waals surface area contributed by atoms with E-state index in [2.05, 4.69) is 10.6 Å². The van der Waals surface area contributed by atoms with Gasteiger partial charge in [-0.2, -0.15) is 0 Å². The van der Waals surface area contributed by atoms with Crippen molar-refractivity contribution >= 4 is 21.7 Å². The Morgan fingerprint density at radius 3 is 2.58 bits per heavy atom. The highest BCUT2D eigenvalue weighted by atomic mass is 32.2. The van der Waals surface area contributed by atoms with Gasteiger partial charge in [-0.25, -0.2) is 8.42 Å². The number of nitrogens with one attached hydrogen (secondary N) is 2. The van der Waals surface area contributed by atoms with Gasteiger partial charge in [0.15, 0.2) is 9.84 Å². The Labute approximate surface area is 154 Å². The summed E-state index contributed by atoms with van der Waals surface area (Å²) in [5, 5.41) is 5.80. The van der Waals surface area contributed by atoms with Crippen LogP contribution in [0, 0.1) is 12.8 Å². The van der Waals surface area contributed by atoms with Crippen LogP contribution >= 0.6 is 0 Å². The summed E-state index contributed by atoms with van der Waals surface area (Å²) in [4.78, 5) is 23.7. The summed E-state index contributed by atoms with van der Waals surface area (Å²) < 4.78 is 26.2. The Bertz CT molecular complexity index is 802. The van der Waals surface area contributed by atoms with Crippen LogP contribution in [0.25, 0.3) is 0 Å². The number of carbonyl (C=O) groups is 2. The molecule has 2 fully saturated rings. The molecule has 1 unspecified atom stereocenters. The van der Waals surface area contributed by atoms with Crippen LogP contribution in [0.1, 0.15) is 48.7 Å². The van der Waals surface area contributed by atoms with Gasteiger partial charge in [0, 0.05) is 32.8 Å². The Kier molecular flexibility index (Phi) is 4.90. The van der Waals surface area contributed by atoms with Crippen molar-refractivity contribution in [1.29, 1.82) is 0 Å². The van der Waals surface area contributed by atoms with E-state index >= 15 is 0 Å². The van der Waals surface area contributed by atoms with Gasteiger partial charge in [0.25, 0.3) is 5.91 Å². The highest BCUT2D eigenvalue weighted by Gasteiger charge is 2.56. The second-order valence-electron chi connectivity index (χ2n) is 7.83. The van der Waals surface area contributed by atoms with Gasteiger partial charge in [0.05, 0.1) is 10.5 Å². The highest BCUT2D eigenvalue weighted by molar-refractivity contribution is 7.92. The molecule has 1 aromatic rings. The summed E-state index contributed by atoms with van der Waals surface area (Å²) in [6.45, 7) is 3.83. The minimum Gasteiger partial charge on any atom is -0.354 e. The molecule has 1 atom stereocenters. The van der Waals surface area contributed by atoms with Gasteiger partial charge in [-0.15, -0.1) is 0 Å². The van der Waals surface area contributed by atoms with Crippen LogP contribution in [-0.2, 0) is 21.7 Å². The number of hydrogen-bond acceptors (Lipinski definition) is 4. The largest absolute Gasteiger partial charge is 0.354 e. The standard InChI is InChI=1S/C18H27N3O4S/c1-12-4-6-21(3)16(12)17(23)19-11-14-8-18(9-14)10-15(20-13(2)22)5-7-26(18,24)25/h4,6,14-15H,5,7-11H2,1-3H3,(H,19,23)(H,20,22). The smallest absolute Gasteiger partial charge is 0.268 e. The molecule has 0 bridgehead atoms. The third-order valence-electron chi connectivity index (χ3n) is 5.78. The van der Waals surface area contributed by atoms with Crippen LogP contribution in [0.3, 0.4) is 0 Å². The number of nitrogens with zero attached hydrogens (tertiary/aromatic N) is 1. The van der Waals surface area contributed by atoms with Crippen LogP contribution in [0.2, 0.25) is 0 Å². The summed E-state index contributed by atoms with van der Waals surface area (Å²) in [5.74, 6) is 0.0361. The number of carbonyl (C=O) groups excluding carboxylic acids is 2. The van der Waals surface area contributed by atoms with E-state index in [1.54, 1.807) is 4.57 Å². The minimum absolute atomic E-state index is 0.0717. The molecular formula is C18H27N3O4S. The maximum absolute atomic E-state index is 12.6. The zero-order chi connectivity index (χ0) is 19.1. The highest BCUT2D eigenvalue weighted by Crippen LogP contribution is 2.49. The van der Waals surface area contributed by atoms with Crippen molar-refractivity contribution in [3.63, 3.8) is 0 Å². The summed E-state index contributed by atoms with van der Waals surface area (Å²) in [6.07, 6.45) is 3.92. The molecule has 1 aliphatic carbocycles. The fraction of sp³-hybridized carbons (Fsp3) is 0.667. The summed E-state index contributed by atoms with van der Waals surface area (Å²) in [6, 6.07) is 1.82. The molecule has 7 nitrogen and oxygen atoms in total. The number of amides is 2. The molecule has 3 rings (SSSR count). The lowest BCUT2D eigenvalue weighted by atomic mass is 9.70. The van der Waals surface area contributed by atoms with Crippen molar-refractivity contribution in [2.24, 2.45) is 13.0 Å². The molecule has 0 aromatic carbocycles. The molecule has 1 saturated carbocycles. The van der Waals surface area contributed by atoms with Crippen molar-refractivity contribution in [3.05, 3.63) is 23.5 Å². The zero-order valence-corrected chi connectivity index (χ0v) is 16.4. The molecule has 1 aliphatic heterocycles. The lowest BCUT2D eigenvalue weighted by molar-refractivity contribution is -0.119. The average Bonchev–Trinajstić information content (AvgIpc) is 2.84.